The standard InChI is InChI=1S/C15H25N3S/c1-17-8-10-18(11-9-17)15(14-3-2-12-19-14)13-4-6-16-7-5-13/h2-3,12-13,15-16H,4-11H2,1H3. The Morgan fingerprint density at radius 2 is 1.95 bits per heavy atom. The molecule has 0 radical (unpaired) electrons. The molecule has 3 nitrogen and oxygen atoms in total. The predicted molar refractivity (Wildman–Crippen MR) is 81.7 cm³/mol. The van der Waals surface area contributed by atoms with E-state index in [0.717, 1.165) is 5.92 Å². The van der Waals surface area contributed by atoms with Gasteiger partial charge >= 0.3 is 0 Å². The zero-order valence-electron chi connectivity index (χ0n) is 11.8. The molecule has 4 heteroatoms. The number of likely N-dealkylation sites (N-methyl/N-ethyl adjacent to an activating group) is 1. The van der Waals surface area contributed by atoms with Crippen LogP contribution < -0.4 is 5.32 Å². The zero-order chi connectivity index (χ0) is 13.1. The normalized spacial score (nSPS) is 25.5. The summed E-state index contributed by atoms with van der Waals surface area (Å²) in [4.78, 5) is 6.77. The van der Waals surface area contributed by atoms with Gasteiger partial charge < -0.3 is 10.2 Å². The van der Waals surface area contributed by atoms with Gasteiger partial charge in [0.15, 0.2) is 0 Å². The van der Waals surface area contributed by atoms with Crippen LogP contribution in [0, 0.1) is 5.92 Å². The minimum Gasteiger partial charge on any atom is -0.317 e. The van der Waals surface area contributed by atoms with Gasteiger partial charge in [0.25, 0.3) is 0 Å². The van der Waals surface area contributed by atoms with E-state index in [1.54, 1.807) is 4.88 Å². The highest BCUT2D eigenvalue weighted by atomic mass is 32.1. The van der Waals surface area contributed by atoms with Crippen LogP contribution in [0.3, 0.4) is 0 Å². The molecule has 2 aliphatic heterocycles. The average Bonchev–Trinajstić information content (AvgIpc) is 2.96. The van der Waals surface area contributed by atoms with Crippen molar-refractivity contribution in [3.8, 4) is 0 Å². The van der Waals surface area contributed by atoms with Gasteiger partial charge in [0.2, 0.25) is 0 Å². The summed E-state index contributed by atoms with van der Waals surface area (Å²) in [5.74, 6) is 0.836. The molecule has 2 saturated heterocycles. The van der Waals surface area contributed by atoms with E-state index < -0.39 is 0 Å². The third-order valence-electron chi connectivity index (χ3n) is 4.60. The predicted octanol–water partition coefficient (Wildman–Crippen LogP) is 2.04. The molecule has 0 aromatic carbocycles. The van der Waals surface area contributed by atoms with Gasteiger partial charge in [0, 0.05) is 37.1 Å². The fraction of sp³-hybridized carbons (Fsp3) is 0.733. The van der Waals surface area contributed by atoms with Gasteiger partial charge in [-0.3, -0.25) is 4.90 Å². The lowest BCUT2D eigenvalue weighted by atomic mass is 9.88. The third kappa shape index (κ3) is 3.19. The van der Waals surface area contributed by atoms with Crippen molar-refractivity contribution in [2.24, 2.45) is 5.92 Å². The molecule has 1 N–H and O–H groups in total. The van der Waals surface area contributed by atoms with Crippen molar-refractivity contribution in [2.45, 2.75) is 18.9 Å². The average molecular weight is 279 g/mol. The monoisotopic (exact) mass is 279 g/mol. The minimum absolute atomic E-state index is 0.663. The van der Waals surface area contributed by atoms with Crippen LogP contribution in [0.4, 0.5) is 0 Å². The third-order valence-corrected chi connectivity index (χ3v) is 5.54. The summed E-state index contributed by atoms with van der Waals surface area (Å²) in [7, 11) is 2.24. The summed E-state index contributed by atoms with van der Waals surface area (Å²) >= 11 is 1.94. The first-order chi connectivity index (χ1) is 9.34. The van der Waals surface area contributed by atoms with E-state index in [0.29, 0.717) is 6.04 Å². The van der Waals surface area contributed by atoms with Crippen molar-refractivity contribution < 1.29 is 0 Å². The molecule has 1 aromatic rings. The maximum atomic E-state index is 3.50. The molecular formula is C15H25N3S. The van der Waals surface area contributed by atoms with Crippen LogP contribution in [0.25, 0.3) is 0 Å². The van der Waals surface area contributed by atoms with Crippen LogP contribution in [0.15, 0.2) is 17.5 Å². The number of nitrogens with zero attached hydrogens (tertiary/aromatic N) is 2. The smallest absolute Gasteiger partial charge is 0.0471 e. The summed E-state index contributed by atoms with van der Waals surface area (Å²) in [6.45, 7) is 7.27. The molecule has 2 aliphatic rings. The molecule has 3 rings (SSSR count). The molecule has 3 heterocycles. The number of hydrogen-bond acceptors (Lipinski definition) is 4. The summed E-state index contributed by atoms with van der Waals surface area (Å²) < 4.78 is 0. The van der Waals surface area contributed by atoms with Gasteiger partial charge in [-0.1, -0.05) is 6.07 Å². The van der Waals surface area contributed by atoms with Crippen LogP contribution in [0.1, 0.15) is 23.8 Å². The molecule has 19 heavy (non-hydrogen) atoms. The van der Waals surface area contributed by atoms with Crippen LogP contribution in [0.2, 0.25) is 0 Å². The van der Waals surface area contributed by atoms with Crippen molar-refractivity contribution in [1.82, 2.24) is 15.1 Å². The Morgan fingerprint density at radius 3 is 2.58 bits per heavy atom. The Balaban J connectivity index is 1.76. The first-order valence-corrected chi connectivity index (χ1v) is 8.39. The van der Waals surface area contributed by atoms with Crippen molar-refractivity contribution in [1.29, 1.82) is 0 Å². The highest BCUT2D eigenvalue weighted by Crippen LogP contribution is 2.36. The summed E-state index contributed by atoms with van der Waals surface area (Å²) in [6.07, 6.45) is 2.66. The number of nitrogens with one attached hydrogen (secondary N) is 1. The van der Waals surface area contributed by atoms with E-state index in [1.807, 2.05) is 11.3 Å². The minimum atomic E-state index is 0.663. The summed E-state index contributed by atoms with van der Waals surface area (Å²) in [6, 6.07) is 5.22. The molecule has 1 unspecified atom stereocenters. The molecule has 2 fully saturated rings. The number of rotatable bonds is 3. The van der Waals surface area contributed by atoms with Crippen molar-refractivity contribution in [3.05, 3.63) is 22.4 Å². The van der Waals surface area contributed by atoms with Gasteiger partial charge in [-0.05, 0) is 50.3 Å². The van der Waals surface area contributed by atoms with E-state index in [1.165, 1.54) is 52.1 Å². The number of piperidine rings is 1. The molecule has 0 amide bonds. The highest BCUT2D eigenvalue weighted by Gasteiger charge is 2.32. The second-order valence-corrected chi connectivity index (χ2v) is 6.87. The first-order valence-electron chi connectivity index (χ1n) is 7.51. The molecule has 1 atom stereocenters. The Morgan fingerprint density at radius 1 is 1.21 bits per heavy atom. The van der Waals surface area contributed by atoms with Crippen molar-refractivity contribution >= 4 is 11.3 Å². The molecule has 0 aliphatic carbocycles. The molecule has 1 aromatic heterocycles. The lowest BCUT2D eigenvalue weighted by molar-refractivity contribution is 0.0712. The Hall–Kier alpha value is -0.420. The maximum Gasteiger partial charge on any atom is 0.0471 e. The number of piperazine rings is 1. The number of thiophene rings is 1. The van der Waals surface area contributed by atoms with E-state index >= 15 is 0 Å². The van der Waals surface area contributed by atoms with E-state index in [-0.39, 0.29) is 0 Å². The number of hydrogen-bond donors (Lipinski definition) is 1. The largest absolute Gasteiger partial charge is 0.317 e. The van der Waals surface area contributed by atoms with Gasteiger partial charge in [-0.25, -0.2) is 0 Å². The van der Waals surface area contributed by atoms with Crippen LogP contribution in [-0.4, -0.2) is 56.1 Å². The zero-order valence-corrected chi connectivity index (χ0v) is 12.7. The summed E-state index contributed by atoms with van der Waals surface area (Å²) in [5, 5.41) is 5.74. The van der Waals surface area contributed by atoms with E-state index in [4.69, 9.17) is 0 Å². The highest BCUT2D eigenvalue weighted by molar-refractivity contribution is 7.10. The molecule has 106 valence electrons. The SMILES string of the molecule is CN1CCN(C(c2cccs2)C2CCNCC2)CC1. The van der Waals surface area contributed by atoms with Crippen molar-refractivity contribution in [3.63, 3.8) is 0 Å². The maximum absolute atomic E-state index is 3.50. The Bertz CT molecular complexity index is 365. The fourth-order valence-electron chi connectivity index (χ4n) is 3.43. The van der Waals surface area contributed by atoms with Crippen molar-refractivity contribution in [2.75, 3.05) is 46.3 Å². The van der Waals surface area contributed by atoms with Crippen LogP contribution in [-0.2, 0) is 0 Å². The Kier molecular flexibility index (Phi) is 4.53. The molecule has 0 saturated carbocycles. The Labute approximate surface area is 120 Å². The van der Waals surface area contributed by atoms with Crippen LogP contribution >= 0.6 is 11.3 Å². The second kappa shape index (κ2) is 6.35. The van der Waals surface area contributed by atoms with Gasteiger partial charge in [-0.15, -0.1) is 11.3 Å². The molecule has 0 spiro atoms. The van der Waals surface area contributed by atoms with Gasteiger partial charge in [0.1, 0.15) is 0 Å². The fourth-order valence-corrected chi connectivity index (χ4v) is 4.38. The molecular weight excluding hydrogens is 254 g/mol. The van der Waals surface area contributed by atoms with E-state index in [9.17, 15) is 0 Å². The lowest BCUT2D eigenvalue weighted by Gasteiger charge is -2.42. The van der Waals surface area contributed by atoms with E-state index in [2.05, 4.69) is 39.7 Å². The second-order valence-electron chi connectivity index (χ2n) is 5.89. The quantitative estimate of drug-likeness (QED) is 0.913. The topological polar surface area (TPSA) is 18.5 Å². The van der Waals surface area contributed by atoms with Gasteiger partial charge in [-0.2, -0.15) is 0 Å². The summed E-state index contributed by atoms with van der Waals surface area (Å²) in [5.41, 5.74) is 0. The van der Waals surface area contributed by atoms with Gasteiger partial charge in [0.05, 0.1) is 0 Å². The van der Waals surface area contributed by atoms with Crippen LogP contribution in [0.5, 0.6) is 0 Å². The lowest BCUT2D eigenvalue weighted by Crippen LogP contribution is -2.48. The molecule has 0 bridgehead atoms. The first kappa shape index (κ1) is 13.6.